The number of carbonyl (C=O) groups is 4. The van der Waals surface area contributed by atoms with E-state index in [4.69, 9.17) is 23.7 Å². The Morgan fingerprint density at radius 3 is 1.32 bits per heavy atom. The molecular weight excluding hydrogens is 949 g/mol. The van der Waals surface area contributed by atoms with Crippen molar-refractivity contribution in [2.24, 2.45) is 0 Å². The topological polar surface area (TPSA) is 175 Å². The van der Waals surface area contributed by atoms with E-state index in [9.17, 15) is 34.5 Å². The van der Waals surface area contributed by atoms with Crippen LogP contribution in [0.1, 0.15) is 226 Å². The molecule has 1 rings (SSSR count). The monoisotopic (exact) mass is 1050 g/mol. The first kappa shape index (κ1) is 68.7. The highest BCUT2D eigenvalue weighted by molar-refractivity contribution is 5.74. The van der Waals surface area contributed by atoms with Crippen molar-refractivity contribution in [1.29, 1.82) is 0 Å². The second kappa shape index (κ2) is 50.5. The van der Waals surface area contributed by atoms with Crippen LogP contribution in [0.15, 0.2) is 97.2 Å². The molecule has 0 saturated carbocycles. The van der Waals surface area contributed by atoms with Gasteiger partial charge in [0.2, 0.25) is 0 Å². The van der Waals surface area contributed by atoms with Crippen LogP contribution in [0, 0.1) is 0 Å². The second-order valence-corrected chi connectivity index (χ2v) is 19.5. The summed E-state index contributed by atoms with van der Waals surface area (Å²) in [5.41, 5.74) is 0. The van der Waals surface area contributed by atoms with Crippen molar-refractivity contribution in [3.05, 3.63) is 97.2 Å². The zero-order chi connectivity index (χ0) is 54.7. The lowest BCUT2D eigenvalue weighted by molar-refractivity contribution is -0.301. The molecule has 0 aromatic carbocycles. The molecule has 75 heavy (non-hydrogen) atoms. The predicted octanol–water partition coefficient (Wildman–Crippen LogP) is 14.9. The van der Waals surface area contributed by atoms with Crippen molar-refractivity contribution in [3.8, 4) is 0 Å². The second-order valence-electron chi connectivity index (χ2n) is 19.5. The summed E-state index contributed by atoms with van der Waals surface area (Å²) in [6.07, 6.45) is 53.8. The molecule has 0 amide bonds. The Bertz CT molecular complexity index is 1670. The number of aliphatic carboxylic acids is 1. The molecule has 12 heteroatoms. The summed E-state index contributed by atoms with van der Waals surface area (Å²) in [7, 11) is 0. The van der Waals surface area contributed by atoms with Crippen molar-refractivity contribution in [3.63, 3.8) is 0 Å². The Labute approximate surface area is 453 Å². The highest BCUT2D eigenvalue weighted by Gasteiger charge is 2.50. The molecule has 426 valence electrons. The SMILES string of the molecule is CC/C=C\C/C=C\C/C=C\C/C=C\CCCCC(=O)OCC(COC1OC(C(=O)O)C(O)C(O)C1OC(=O)CCCCCCCCC/C=C\C/C=C\C/C=C\CC)OC(=O)CCCCCCC/C=C\CCCCCC. The molecule has 0 radical (unpaired) electrons. The van der Waals surface area contributed by atoms with E-state index in [0.29, 0.717) is 19.3 Å². The molecule has 3 N–H and O–H groups in total. The number of esters is 3. The fourth-order valence-electron chi connectivity index (χ4n) is 8.19. The zero-order valence-corrected chi connectivity index (χ0v) is 46.8. The number of ether oxygens (including phenoxy) is 5. The molecule has 1 saturated heterocycles. The summed E-state index contributed by atoms with van der Waals surface area (Å²) in [6.45, 7) is 5.70. The van der Waals surface area contributed by atoms with Gasteiger partial charge in [-0.1, -0.05) is 189 Å². The van der Waals surface area contributed by atoms with Gasteiger partial charge >= 0.3 is 23.9 Å². The molecule has 12 nitrogen and oxygen atoms in total. The maximum atomic E-state index is 13.1. The molecule has 1 heterocycles. The number of hydrogen-bond acceptors (Lipinski definition) is 11. The van der Waals surface area contributed by atoms with Crippen molar-refractivity contribution in [2.45, 2.75) is 263 Å². The summed E-state index contributed by atoms with van der Waals surface area (Å²) >= 11 is 0. The van der Waals surface area contributed by atoms with Gasteiger partial charge in [0.1, 0.15) is 18.8 Å². The predicted molar refractivity (Wildman–Crippen MR) is 303 cm³/mol. The minimum absolute atomic E-state index is 0.0401. The molecule has 0 spiro atoms. The quantitative estimate of drug-likeness (QED) is 0.0228. The number of allylic oxidation sites excluding steroid dienone is 16. The minimum atomic E-state index is -1.92. The Hall–Kier alpha value is -4.36. The summed E-state index contributed by atoms with van der Waals surface area (Å²) in [6, 6.07) is 0. The smallest absolute Gasteiger partial charge is 0.335 e. The highest BCUT2D eigenvalue weighted by Crippen LogP contribution is 2.26. The summed E-state index contributed by atoms with van der Waals surface area (Å²) < 4.78 is 28.4. The molecular formula is C63H102O12. The molecule has 0 bridgehead atoms. The third-order valence-electron chi connectivity index (χ3n) is 12.6. The number of aliphatic hydroxyl groups is 2. The van der Waals surface area contributed by atoms with E-state index in [-0.39, 0.29) is 25.9 Å². The number of carboxylic acids is 1. The van der Waals surface area contributed by atoms with Gasteiger partial charge in [0.25, 0.3) is 0 Å². The Morgan fingerprint density at radius 2 is 0.840 bits per heavy atom. The maximum absolute atomic E-state index is 13.1. The Morgan fingerprint density at radius 1 is 0.453 bits per heavy atom. The number of aliphatic hydroxyl groups excluding tert-OH is 2. The number of carboxylic acid groups (broad SMARTS) is 1. The van der Waals surface area contributed by atoms with E-state index in [1.54, 1.807) is 0 Å². The van der Waals surface area contributed by atoms with E-state index in [2.05, 4.69) is 118 Å². The lowest BCUT2D eigenvalue weighted by Crippen LogP contribution is -2.61. The van der Waals surface area contributed by atoms with Crippen LogP contribution in [0.2, 0.25) is 0 Å². The van der Waals surface area contributed by atoms with Crippen molar-refractivity contribution < 1.29 is 58.2 Å². The molecule has 1 aliphatic rings. The first-order valence-electron chi connectivity index (χ1n) is 29.2. The lowest BCUT2D eigenvalue weighted by atomic mass is 9.98. The largest absolute Gasteiger partial charge is 0.479 e. The number of rotatable bonds is 48. The van der Waals surface area contributed by atoms with E-state index in [1.807, 2.05) is 0 Å². The molecule has 0 aromatic heterocycles. The number of unbranched alkanes of at least 4 members (excludes halogenated alkanes) is 18. The molecule has 0 aliphatic carbocycles. The van der Waals surface area contributed by atoms with E-state index in [1.165, 1.54) is 25.7 Å². The van der Waals surface area contributed by atoms with Crippen LogP contribution in [0.25, 0.3) is 0 Å². The van der Waals surface area contributed by atoms with E-state index < -0.39 is 67.3 Å². The van der Waals surface area contributed by atoms with Gasteiger partial charge < -0.3 is 39.0 Å². The van der Waals surface area contributed by atoms with Gasteiger partial charge in [-0.2, -0.15) is 0 Å². The van der Waals surface area contributed by atoms with Crippen LogP contribution in [-0.2, 0) is 42.9 Å². The molecule has 6 atom stereocenters. The average molecular weight is 1050 g/mol. The van der Waals surface area contributed by atoms with Crippen LogP contribution in [0.5, 0.6) is 0 Å². The summed E-state index contributed by atoms with van der Waals surface area (Å²) in [5.74, 6) is -3.21. The van der Waals surface area contributed by atoms with Gasteiger partial charge in [-0.15, -0.1) is 0 Å². The highest BCUT2D eigenvalue weighted by atomic mass is 16.7. The third kappa shape index (κ3) is 40.6. The first-order valence-corrected chi connectivity index (χ1v) is 29.2. The van der Waals surface area contributed by atoms with Crippen LogP contribution in [0.3, 0.4) is 0 Å². The first-order chi connectivity index (χ1) is 36.6. The van der Waals surface area contributed by atoms with Gasteiger partial charge in [0, 0.05) is 19.3 Å². The summed E-state index contributed by atoms with van der Waals surface area (Å²) in [5, 5.41) is 31.5. The molecule has 6 unspecified atom stereocenters. The van der Waals surface area contributed by atoms with Crippen molar-refractivity contribution in [2.75, 3.05) is 13.2 Å². The van der Waals surface area contributed by atoms with Crippen LogP contribution < -0.4 is 0 Å². The molecule has 1 aliphatic heterocycles. The van der Waals surface area contributed by atoms with Gasteiger partial charge in [0.15, 0.2) is 24.6 Å². The zero-order valence-electron chi connectivity index (χ0n) is 46.8. The molecule has 1 fully saturated rings. The lowest BCUT2D eigenvalue weighted by Gasteiger charge is -2.40. The third-order valence-corrected chi connectivity index (χ3v) is 12.6. The van der Waals surface area contributed by atoms with Gasteiger partial charge in [0.05, 0.1) is 6.61 Å². The number of carbonyl (C=O) groups excluding carboxylic acids is 3. The Balaban J connectivity index is 2.73. The van der Waals surface area contributed by atoms with Crippen molar-refractivity contribution in [1.82, 2.24) is 0 Å². The normalized spacial score (nSPS) is 18.9. The number of hydrogen-bond donors (Lipinski definition) is 3. The van der Waals surface area contributed by atoms with Crippen LogP contribution in [0.4, 0.5) is 0 Å². The fourth-order valence-corrected chi connectivity index (χ4v) is 8.19. The van der Waals surface area contributed by atoms with Gasteiger partial charge in [-0.25, -0.2) is 4.79 Å². The van der Waals surface area contributed by atoms with Crippen LogP contribution in [-0.4, -0.2) is 89.2 Å². The minimum Gasteiger partial charge on any atom is -0.479 e. The van der Waals surface area contributed by atoms with E-state index in [0.717, 1.165) is 141 Å². The average Bonchev–Trinajstić information content (AvgIpc) is 3.39. The van der Waals surface area contributed by atoms with E-state index >= 15 is 0 Å². The van der Waals surface area contributed by atoms with Crippen molar-refractivity contribution >= 4 is 23.9 Å². The molecule has 0 aromatic rings. The van der Waals surface area contributed by atoms with Gasteiger partial charge in [-0.3, -0.25) is 14.4 Å². The Kier molecular flexibility index (Phi) is 46.2. The summed E-state index contributed by atoms with van der Waals surface area (Å²) in [4.78, 5) is 51.1. The fraction of sp³-hybridized carbons (Fsp3) is 0.683. The van der Waals surface area contributed by atoms with Gasteiger partial charge in [-0.05, 0) is 116 Å². The standard InChI is InChI=1S/C63H102O12/c1-4-7-10-13-16-19-22-25-27-28-30-33-36-39-42-45-48-51-57(66)74-61-59(68)58(67)60(62(69)70)75-63(61)72-53-54(73-56(65)50-47-44-41-38-35-31-24-21-18-15-12-9-6-3)52-71-55(64)49-46-43-40-37-34-32-29-26-23-20-17-14-11-8-5-2/h7-8,10-11,16-17,19-21,24-27,29,34,37,54,58-61,63,67-68H,4-6,9,12-15,18,22-23,28,30-33,35-36,38-53H2,1-3H3,(H,69,70)/b10-7-,11-8-,19-16-,20-17-,24-21-,27-25-,29-26-,37-34-. The maximum Gasteiger partial charge on any atom is 0.335 e. The van der Waals surface area contributed by atoms with Crippen LogP contribution >= 0.6 is 0 Å².